The largest absolute Gasteiger partial charge is 0.493 e. The number of esters is 1. The van der Waals surface area contributed by atoms with Crippen LogP contribution < -0.4 is 14.8 Å². The van der Waals surface area contributed by atoms with E-state index < -0.39 is 5.97 Å². The summed E-state index contributed by atoms with van der Waals surface area (Å²) in [4.78, 5) is 27.6. The summed E-state index contributed by atoms with van der Waals surface area (Å²) in [6.07, 6.45) is 3.65. The standard InChI is InChI=1S/C23H26N2O6/c1-28-19-9-6-14(11-20(19)29-2)17-12-15-7-8-18(21(17)22(26)30-3)25(15)23(27)24-13-16-5-4-10-31-16/h4-6,9-11,15,18H,7-8,12-13H2,1-3H3,(H,24,27)/t15-,18+/m0/s1. The van der Waals surface area contributed by atoms with Gasteiger partial charge in [-0.1, -0.05) is 6.07 Å². The molecule has 8 nitrogen and oxygen atoms in total. The lowest BCUT2D eigenvalue weighted by molar-refractivity contribution is -0.136. The van der Waals surface area contributed by atoms with Gasteiger partial charge in [0, 0.05) is 6.04 Å². The lowest BCUT2D eigenvalue weighted by Crippen LogP contribution is -2.50. The summed E-state index contributed by atoms with van der Waals surface area (Å²) < 4.78 is 21.2. The Labute approximate surface area is 180 Å². The van der Waals surface area contributed by atoms with Crippen LogP contribution in [0.2, 0.25) is 0 Å². The highest BCUT2D eigenvalue weighted by molar-refractivity contribution is 6.01. The fourth-order valence-electron chi connectivity index (χ4n) is 4.55. The van der Waals surface area contributed by atoms with E-state index in [1.165, 1.54) is 7.11 Å². The number of nitrogens with zero attached hydrogens (tertiary/aromatic N) is 1. The number of methoxy groups -OCH3 is 3. The Morgan fingerprint density at radius 2 is 1.94 bits per heavy atom. The van der Waals surface area contributed by atoms with E-state index in [1.807, 2.05) is 18.2 Å². The quantitative estimate of drug-likeness (QED) is 0.713. The number of benzene rings is 1. The molecule has 0 unspecified atom stereocenters. The molecule has 1 N–H and O–H groups in total. The highest BCUT2D eigenvalue weighted by Crippen LogP contribution is 2.44. The van der Waals surface area contributed by atoms with Gasteiger partial charge in [-0.05, 0) is 54.7 Å². The molecule has 2 amide bonds. The number of carbonyl (C=O) groups is 2. The molecule has 4 rings (SSSR count). The predicted octanol–water partition coefficient (Wildman–Crippen LogP) is 3.37. The van der Waals surface area contributed by atoms with Crippen molar-refractivity contribution in [3.63, 3.8) is 0 Å². The molecule has 1 saturated heterocycles. The maximum absolute atomic E-state index is 13.0. The third-order valence-electron chi connectivity index (χ3n) is 5.97. The molecular formula is C23H26N2O6. The Hall–Kier alpha value is -3.42. The Morgan fingerprint density at radius 3 is 2.61 bits per heavy atom. The second kappa shape index (κ2) is 8.75. The van der Waals surface area contributed by atoms with E-state index >= 15 is 0 Å². The van der Waals surface area contributed by atoms with Crippen molar-refractivity contribution in [2.75, 3.05) is 21.3 Å². The highest BCUT2D eigenvalue weighted by Gasteiger charge is 2.46. The zero-order valence-electron chi connectivity index (χ0n) is 17.8. The molecule has 2 aromatic rings. The van der Waals surface area contributed by atoms with Crippen LogP contribution >= 0.6 is 0 Å². The molecule has 0 radical (unpaired) electrons. The van der Waals surface area contributed by atoms with Crippen LogP contribution in [0.3, 0.4) is 0 Å². The van der Waals surface area contributed by atoms with Crippen molar-refractivity contribution < 1.29 is 28.2 Å². The number of rotatable bonds is 6. The molecule has 1 aromatic carbocycles. The van der Waals surface area contributed by atoms with Crippen LogP contribution in [0.5, 0.6) is 11.5 Å². The van der Waals surface area contributed by atoms with Crippen LogP contribution in [-0.4, -0.2) is 50.3 Å². The lowest BCUT2D eigenvalue weighted by Gasteiger charge is -2.37. The Morgan fingerprint density at radius 1 is 1.13 bits per heavy atom. The molecule has 2 aliphatic heterocycles. The number of fused-ring (bicyclic) bond motifs is 2. The average Bonchev–Trinajstić information content (AvgIpc) is 3.43. The summed E-state index contributed by atoms with van der Waals surface area (Å²) >= 11 is 0. The first-order valence-electron chi connectivity index (χ1n) is 10.2. The van der Waals surface area contributed by atoms with Crippen LogP contribution in [0.15, 0.2) is 46.6 Å². The summed E-state index contributed by atoms with van der Waals surface area (Å²) in [5.74, 6) is 1.46. The number of amides is 2. The van der Waals surface area contributed by atoms with Crippen molar-refractivity contribution in [2.24, 2.45) is 0 Å². The van der Waals surface area contributed by atoms with E-state index in [9.17, 15) is 9.59 Å². The van der Waals surface area contributed by atoms with Gasteiger partial charge >= 0.3 is 12.0 Å². The molecule has 164 valence electrons. The molecule has 1 aromatic heterocycles. The fraction of sp³-hybridized carbons (Fsp3) is 0.391. The zero-order valence-corrected chi connectivity index (χ0v) is 17.8. The normalized spacial score (nSPS) is 19.9. The van der Waals surface area contributed by atoms with Gasteiger partial charge in [0.05, 0.1) is 45.8 Å². The summed E-state index contributed by atoms with van der Waals surface area (Å²) in [6.45, 7) is 0.293. The molecule has 0 aliphatic carbocycles. The van der Waals surface area contributed by atoms with Gasteiger partial charge in [-0.3, -0.25) is 0 Å². The van der Waals surface area contributed by atoms with Crippen molar-refractivity contribution in [1.29, 1.82) is 0 Å². The van der Waals surface area contributed by atoms with Gasteiger partial charge in [0.2, 0.25) is 0 Å². The predicted molar refractivity (Wildman–Crippen MR) is 113 cm³/mol. The van der Waals surface area contributed by atoms with Gasteiger partial charge in [-0.25, -0.2) is 9.59 Å². The monoisotopic (exact) mass is 426 g/mol. The smallest absolute Gasteiger partial charge is 0.336 e. The zero-order chi connectivity index (χ0) is 22.0. The number of urea groups is 1. The molecule has 1 fully saturated rings. The number of ether oxygens (including phenoxy) is 3. The molecule has 0 spiro atoms. The van der Waals surface area contributed by atoms with Gasteiger partial charge in [0.1, 0.15) is 5.76 Å². The third-order valence-corrected chi connectivity index (χ3v) is 5.97. The highest BCUT2D eigenvalue weighted by atomic mass is 16.5. The van der Waals surface area contributed by atoms with Crippen molar-refractivity contribution in [3.8, 4) is 11.5 Å². The van der Waals surface area contributed by atoms with Gasteiger partial charge < -0.3 is 28.8 Å². The Balaban J connectivity index is 1.67. The van der Waals surface area contributed by atoms with Crippen molar-refractivity contribution in [2.45, 2.75) is 37.9 Å². The molecule has 31 heavy (non-hydrogen) atoms. The fourth-order valence-corrected chi connectivity index (χ4v) is 4.55. The first kappa shape index (κ1) is 20.8. The Bertz CT molecular complexity index is 998. The first-order valence-corrected chi connectivity index (χ1v) is 10.2. The maximum Gasteiger partial charge on any atom is 0.336 e. The van der Waals surface area contributed by atoms with Crippen LogP contribution in [-0.2, 0) is 16.1 Å². The molecule has 2 aliphatic rings. The van der Waals surface area contributed by atoms with Crippen LogP contribution in [0.25, 0.3) is 5.57 Å². The summed E-state index contributed by atoms with van der Waals surface area (Å²) in [5, 5.41) is 2.90. The van der Waals surface area contributed by atoms with E-state index in [4.69, 9.17) is 18.6 Å². The van der Waals surface area contributed by atoms with Gasteiger partial charge in [0.25, 0.3) is 0 Å². The Kier molecular flexibility index (Phi) is 5.88. The van der Waals surface area contributed by atoms with E-state index in [1.54, 1.807) is 37.5 Å². The van der Waals surface area contributed by atoms with E-state index in [0.717, 1.165) is 17.6 Å². The van der Waals surface area contributed by atoms with Gasteiger partial charge in [-0.2, -0.15) is 0 Å². The summed E-state index contributed by atoms with van der Waals surface area (Å²) in [6, 6.07) is 8.62. The number of hydrogen-bond acceptors (Lipinski definition) is 6. The van der Waals surface area contributed by atoms with Crippen molar-refractivity contribution in [3.05, 3.63) is 53.5 Å². The number of furan rings is 1. The minimum Gasteiger partial charge on any atom is -0.493 e. The number of carbonyl (C=O) groups excluding carboxylic acids is 2. The molecular weight excluding hydrogens is 400 g/mol. The molecule has 0 saturated carbocycles. The lowest BCUT2D eigenvalue weighted by atomic mass is 9.88. The molecule has 3 heterocycles. The van der Waals surface area contributed by atoms with Crippen molar-refractivity contribution >= 4 is 17.6 Å². The van der Waals surface area contributed by atoms with Crippen LogP contribution in [0.4, 0.5) is 4.79 Å². The van der Waals surface area contributed by atoms with Crippen LogP contribution in [0.1, 0.15) is 30.6 Å². The topological polar surface area (TPSA) is 90.2 Å². The minimum absolute atomic E-state index is 0.00176. The molecule has 8 heteroatoms. The van der Waals surface area contributed by atoms with Crippen molar-refractivity contribution in [1.82, 2.24) is 10.2 Å². The second-order valence-electron chi connectivity index (χ2n) is 7.55. The number of nitrogens with one attached hydrogen (secondary N) is 1. The maximum atomic E-state index is 13.0. The summed E-state index contributed by atoms with van der Waals surface area (Å²) in [7, 11) is 4.52. The first-order chi connectivity index (χ1) is 15.1. The third kappa shape index (κ3) is 3.85. The van der Waals surface area contributed by atoms with Gasteiger partial charge in [-0.15, -0.1) is 0 Å². The average molecular weight is 426 g/mol. The second-order valence-corrected chi connectivity index (χ2v) is 7.55. The molecule has 2 atom stereocenters. The molecule has 2 bridgehead atoms. The summed E-state index contributed by atoms with van der Waals surface area (Å²) in [5.41, 5.74) is 2.28. The number of hydrogen-bond donors (Lipinski definition) is 1. The van der Waals surface area contributed by atoms with Gasteiger partial charge in [0.15, 0.2) is 11.5 Å². The van der Waals surface area contributed by atoms with E-state index in [0.29, 0.717) is 42.2 Å². The van der Waals surface area contributed by atoms with Crippen LogP contribution in [0, 0.1) is 0 Å². The SMILES string of the molecule is COC(=O)C1=C(c2ccc(OC)c(OC)c2)C[C@@H]2CC[C@H]1N2C(=O)NCc1ccco1. The van der Waals surface area contributed by atoms with E-state index in [2.05, 4.69) is 5.32 Å². The van der Waals surface area contributed by atoms with E-state index in [-0.39, 0.29) is 18.1 Å². The minimum atomic E-state index is -0.418.